The number of carbonyl (C=O) groups excluding carboxylic acids is 2. The highest BCUT2D eigenvalue weighted by Crippen LogP contribution is 2.23. The van der Waals surface area contributed by atoms with Crippen LogP contribution in [0.3, 0.4) is 0 Å². The molecule has 132 valence electrons. The summed E-state index contributed by atoms with van der Waals surface area (Å²) < 4.78 is 5.53. The first-order valence-electron chi connectivity index (χ1n) is 8.80. The average molecular weight is 332 g/mol. The second-order valence-electron chi connectivity index (χ2n) is 6.53. The fraction of sp³-hybridized carbons (Fsp3) is 0.579. The summed E-state index contributed by atoms with van der Waals surface area (Å²) in [6.07, 6.45) is 5.50. The predicted octanol–water partition coefficient (Wildman–Crippen LogP) is 2.49. The molecule has 1 aromatic rings. The lowest BCUT2D eigenvalue weighted by Crippen LogP contribution is -2.39. The van der Waals surface area contributed by atoms with E-state index in [1.54, 1.807) is 0 Å². The SMILES string of the molecule is Cc1ccc(OCC(=O)NCCNC(=O)C2CCCCC2)c(C)c1. The van der Waals surface area contributed by atoms with E-state index in [9.17, 15) is 9.59 Å². The number of amides is 2. The molecule has 1 aliphatic rings. The Kier molecular flexibility index (Phi) is 7.09. The molecule has 0 heterocycles. The molecule has 1 fully saturated rings. The van der Waals surface area contributed by atoms with Crippen LogP contribution in [0.15, 0.2) is 18.2 Å². The van der Waals surface area contributed by atoms with Gasteiger partial charge in [-0.1, -0.05) is 37.0 Å². The van der Waals surface area contributed by atoms with Crippen molar-refractivity contribution in [2.75, 3.05) is 19.7 Å². The molecule has 5 nitrogen and oxygen atoms in total. The van der Waals surface area contributed by atoms with Gasteiger partial charge in [0.1, 0.15) is 5.75 Å². The van der Waals surface area contributed by atoms with Gasteiger partial charge in [0.15, 0.2) is 6.61 Å². The number of hydrogen-bond acceptors (Lipinski definition) is 3. The zero-order valence-corrected chi connectivity index (χ0v) is 14.7. The van der Waals surface area contributed by atoms with Crippen LogP contribution in [0.5, 0.6) is 5.75 Å². The third-order valence-corrected chi connectivity index (χ3v) is 4.41. The fourth-order valence-electron chi connectivity index (χ4n) is 3.05. The summed E-state index contributed by atoms with van der Waals surface area (Å²) >= 11 is 0. The number of benzene rings is 1. The molecule has 0 bridgehead atoms. The van der Waals surface area contributed by atoms with Crippen LogP contribution in [-0.4, -0.2) is 31.5 Å². The molecule has 0 saturated heterocycles. The molecule has 0 aliphatic heterocycles. The molecule has 0 aromatic heterocycles. The van der Waals surface area contributed by atoms with E-state index in [4.69, 9.17) is 4.74 Å². The Morgan fingerprint density at radius 2 is 1.79 bits per heavy atom. The van der Waals surface area contributed by atoms with E-state index in [0.717, 1.165) is 42.6 Å². The molecule has 2 rings (SSSR count). The largest absolute Gasteiger partial charge is 0.484 e. The number of hydrogen-bond donors (Lipinski definition) is 2. The first-order chi connectivity index (χ1) is 11.6. The van der Waals surface area contributed by atoms with Crippen LogP contribution in [0.25, 0.3) is 0 Å². The average Bonchev–Trinajstić information content (AvgIpc) is 2.58. The molecule has 5 heteroatoms. The number of rotatable bonds is 7. The second kappa shape index (κ2) is 9.30. The number of ether oxygens (including phenoxy) is 1. The lowest BCUT2D eigenvalue weighted by molar-refractivity contribution is -0.126. The summed E-state index contributed by atoms with van der Waals surface area (Å²) in [5, 5.41) is 5.67. The van der Waals surface area contributed by atoms with Gasteiger partial charge < -0.3 is 15.4 Å². The van der Waals surface area contributed by atoms with Crippen LogP contribution in [-0.2, 0) is 9.59 Å². The van der Waals surface area contributed by atoms with E-state index in [2.05, 4.69) is 10.6 Å². The van der Waals surface area contributed by atoms with Crippen molar-refractivity contribution in [1.82, 2.24) is 10.6 Å². The Morgan fingerprint density at radius 1 is 1.08 bits per heavy atom. The van der Waals surface area contributed by atoms with Crippen molar-refractivity contribution in [2.45, 2.75) is 46.0 Å². The van der Waals surface area contributed by atoms with Gasteiger partial charge in [-0.15, -0.1) is 0 Å². The lowest BCUT2D eigenvalue weighted by Gasteiger charge is -2.20. The Hall–Kier alpha value is -2.04. The maximum Gasteiger partial charge on any atom is 0.258 e. The summed E-state index contributed by atoms with van der Waals surface area (Å²) in [4.78, 5) is 23.8. The topological polar surface area (TPSA) is 67.4 Å². The number of carbonyl (C=O) groups is 2. The summed E-state index contributed by atoms with van der Waals surface area (Å²) in [7, 11) is 0. The Morgan fingerprint density at radius 3 is 2.50 bits per heavy atom. The summed E-state index contributed by atoms with van der Waals surface area (Å²) in [6.45, 7) is 4.85. The van der Waals surface area contributed by atoms with Gasteiger partial charge in [0.25, 0.3) is 5.91 Å². The third kappa shape index (κ3) is 5.87. The maximum absolute atomic E-state index is 12.0. The van der Waals surface area contributed by atoms with Gasteiger partial charge in [0, 0.05) is 19.0 Å². The summed E-state index contributed by atoms with van der Waals surface area (Å²) in [5.41, 5.74) is 2.18. The predicted molar refractivity (Wildman–Crippen MR) is 94.0 cm³/mol. The van der Waals surface area contributed by atoms with Gasteiger partial charge in [0.05, 0.1) is 0 Å². The second-order valence-corrected chi connectivity index (χ2v) is 6.53. The van der Waals surface area contributed by atoms with Crippen LogP contribution < -0.4 is 15.4 Å². The van der Waals surface area contributed by atoms with Crippen LogP contribution in [0.4, 0.5) is 0 Å². The van der Waals surface area contributed by atoms with Gasteiger partial charge in [-0.25, -0.2) is 0 Å². The minimum atomic E-state index is -0.179. The molecular formula is C19H28N2O3. The molecule has 1 aliphatic carbocycles. The highest BCUT2D eigenvalue weighted by molar-refractivity contribution is 5.79. The first kappa shape index (κ1) is 18.3. The molecule has 0 unspecified atom stereocenters. The summed E-state index contributed by atoms with van der Waals surface area (Å²) in [5.74, 6) is 0.820. The molecule has 0 radical (unpaired) electrons. The molecule has 0 atom stereocenters. The zero-order valence-electron chi connectivity index (χ0n) is 14.7. The fourth-order valence-corrected chi connectivity index (χ4v) is 3.05. The van der Waals surface area contributed by atoms with E-state index in [0.29, 0.717) is 13.1 Å². The molecule has 1 aromatic carbocycles. The lowest BCUT2D eigenvalue weighted by atomic mass is 9.89. The Balaban J connectivity index is 1.60. The minimum Gasteiger partial charge on any atom is -0.484 e. The van der Waals surface area contributed by atoms with Gasteiger partial charge in [-0.2, -0.15) is 0 Å². The zero-order chi connectivity index (χ0) is 17.4. The van der Waals surface area contributed by atoms with Crippen LogP contribution in [0.2, 0.25) is 0 Å². The van der Waals surface area contributed by atoms with Crippen molar-refractivity contribution in [2.24, 2.45) is 5.92 Å². The van der Waals surface area contributed by atoms with E-state index in [1.165, 1.54) is 6.42 Å². The highest BCUT2D eigenvalue weighted by Gasteiger charge is 2.20. The maximum atomic E-state index is 12.0. The molecule has 0 spiro atoms. The van der Waals surface area contributed by atoms with Gasteiger partial charge in [-0.3, -0.25) is 9.59 Å². The van der Waals surface area contributed by atoms with Crippen LogP contribution in [0.1, 0.15) is 43.2 Å². The van der Waals surface area contributed by atoms with Gasteiger partial charge in [-0.05, 0) is 38.3 Å². The van der Waals surface area contributed by atoms with Gasteiger partial charge in [0.2, 0.25) is 5.91 Å². The quantitative estimate of drug-likeness (QED) is 0.754. The van der Waals surface area contributed by atoms with Crippen molar-refractivity contribution < 1.29 is 14.3 Å². The number of nitrogens with one attached hydrogen (secondary N) is 2. The van der Waals surface area contributed by atoms with E-state index >= 15 is 0 Å². The van der Waals surface area contributed by atoms with Crippen molar-refractivity contribution >= 4 is 11.8 Å². The smallest absolute Gasteiger partial charge is 0.258 e. The van der Waals surface area contributed by atoms with Crippen molar-refractivity contribution in [3.05, 3.63) is 29.3 Å². The van der Waals surface area contributed by atoms with E-state index in [1.807, 2.05) is 32.0 Å². The Labute approximate surface area is 144 Å². The molecule has 2 N–H and O–H groups in total. The minimum absolute atomic E-state index is 0.0134. The standard InChI is InChI=1S/C19H28N2O3/c1-14-8-9-17(15(2)12-14)24-13-18(22)20-10-11-21-19(23)16-6-4-3-5-7-16/h8-9,12,16H,3-7,10-11,13H2,1-2H3,(H,20,22)(H,21,23). The number of aryl methyl sites for hydroxylation is 2. The van der Waals surface area contributed by atoms with Crippen LogP contribution >= 0.6 is 0 Å². The monoisotopic (exact) mass is 332 g/mol. The Bertz CT molecular complexity index is 566. The molecule has 1 saturated carbocycles. The molecular weight excluding hydrogens is 304 g/mol. The third-order valence-electron chi connectivity index (χ3n) is 4.41. The molecule has 24 heavy (non-hydrogen) atoms. The molecule has 2 amide bonds. The van der Waals surface area contributed by atoms with Crippen LogP contribution in [0, 0.1) is 19.8 Å². The van der Waals surface area contributed by atoms with Crippen molar-refractivity contribution in [3.8, 4) is 5.75 Å². The van der Waals surface area contributed by atoms with E-state index in [-0.39, 0.29) is 24.3 Å². The first-order valence-corrected chi connectivity index (χ1v) is 8.80. The highest BCUT2D eigenvalue weighted by atomic mass is 16.5. The van der Waals surface area contributed by atoms with Gasteiger partial charge >= 0.3 is 0 Å². The summed E-state index contributed by atoms with van der Waals surface area (Å²) in [6, 6.07) is 5.86. The van der Waals surface area contributed by atoms with E-state index < -0.39 is 0 Å². The normalized spacial score (nSPS) is 14.9. The van der Waals surface area contributed by atoms with Crippen molar-refractivity contribution in [3.63, 3.8) is 0 Å². The van der Waals surface area contributed by atoms with Crippen molar-refractivity contribution in [1.29, 1.82) is 0 Å².